The number of allylic oxidation sites excluding steroid dienone is 2. The van der Waals surface area contributed by atoms with Crippen molar-refractivity contribution in [1.29, 1.82) is 0 Å². The summed E-state index contributed by atoms with van der Waals surface area (Å²) in [5.74, 6) is 1.01. The first-order valence-electron chi connectivity index (χ1n) is 6.17. The minimum absolute atomic E-state index is 0.0598. The van der Waals surface area contributed by atoms with E-state index in [-0.39, 0.29) is 11.3 Å². The Bertz CT molecular complexity index is 284. The first-order valence-corrected chi connectivity index (χ1v) is 6.17. The molecule has 2 bridgehead atoms. The van der Waals surface area contributed by atoms with E-state index in [1.807, 2.05) is 0 Å². The van der Waals surface area contributed by atoms with Crippen LogP contribution in [0.3, 0.4) is 0 Å². The third-order valence-corrected chi connectivity index (χ3v) is 4.23. The maximum Gasteiger partial charge on any atom is 0.224 e. The highest BCUT2D eigenvalue weighted by molar-refractivity contribution is 5.82. The van der Waals surface area contributed by atoms with Gasteiger partial charge in [-0.05, 0) is 31.1 Å². The molecule has 1 amide bonds. The Kier molecular flexibility index (Phi) is 2.85. The average molecular weight is 207 g/mol. The highest BCUT2D eigenvalue weighted by Gasteiger charge is 2.51. The predicted molar refractivity (Wildman–Crippen MR) is 61.1 cm³/mol. The van der Waals surface area contributed by atoms with Crippen molar-refractivity contribution in [2.45, 2.75) is 45.4 Å². The Morgan fingerprint density at radius 1 is 1.47 bits per heavy atom. The Labute approximate surface area is 91.9 Å². The zero-order valence-corrected chi connectivity index (χ0v) is 9.54. The molecular formula is C13H21NO. The summed E-state index contributed by atoms with van der Waals surface area (Å²) in [6, 6.07) is 0. The summed E-state index contributed by atoms with van der Waals surface area (Å²) < 4.78 is 0. The van der Waals surface area contributed by atoms with E-state index >= 15 is 0 Å². The van der Waals surface area contributed by atoms with Crippen LogP contribution in [0.25, 0.3) is 0 Å². The van der Waals surface area contributed by atoms with E-state index in [0.717, 1.165) is 25.7 Å². The summed E-state index contributed by atoms with van der Waals surface area (Å²) in [6.07, 6.45) is 11.2. The molecule has 0 spiro atoms. The van der Waals surface area contributed by atoms with Crippen LogP contribution in [0.15, 0.2) is 12.2 Å². The van der Waals surface area contributed by atoms with Gasteiger partial charge in [0.15, 0.2) is 0 Å². The first kappa shape index (κ1) is 10.7. The van der Waals surface area contributed by atoms with Gasteiger partial charge in [-0.15, -0.1) is 0 Å². The lowest BCUT2D eigenvalue weighted by molar-refractivity contribution is -0.129. The van der Waals surface area contributed by atoms with Crippen molar-refractivity contribution < 1.29 is 4.79 Å². The molecule has 15 heavy (non-hydrogen) atoms. The fourth-order valence-electron chi connectivity index (χ4n) is 3.34. The molecule has 2 aliphatic carbocycles. The maximum absolute atomic E-state index is 11.7. The van der Waals surface area contributed by atoms with E-state index < -0.39 is 0 Å². The molecule has 1 saturated carbocycles. The summed E-state index contributed by atoms with van der Waals surface area (Å²) in [6.45, 7) is 2.19. The van der Waals surface area contributed by atoms with E-state index in [1.54, 1.807) is 0 Å². The standard InChI is InChI=1S/C13H21NO/c1-2-3-4-7-13(12(14)15)9-10-5-6-11(13)8-10/h5-6,10-11H,2-4,7-9H2,1H3,(H2,14,15)/t10-,11-,13-/m0/s1. The number of carbonyl (C=O) groups is 1. The Morgan fingerprint density at radius 2 is 2.27 bits per heavy atom. The number of primary amides is 1. The summed E-state index contributed by atoms with van der Waals surface area (Å²) in [4.78, 5) is 11.7. The van der Waals surface area contributed by atoms with Gasteiger partial charge in [0, 0.05) is 0 Å². The van der Waals surface area contributed by atoms with Crippen LogP contribution in [-0.4, -0.2) is 5.91 Å². The molecule has 2 nitrogen and oxygen atoms in total. The number of fused-ring (bicyclic) bond motifs is 2. The number of hydrogen-bond donors (Lipinski definition) is 1. The van der Waals surface area contributed by atoms with Gasteiger partial charge >= 0.3 is 0 Å². The van der Waals surface area contributed by atoms with Crippen LogP contribution in [0.4, 0.5) is 0 Å². The zero-order chi connectivity index (χ0) is 10.9. The zero-order valence-electron chi connectivity index (χ0n) is 9.54. The summed E-state index contributed by atoms with van der Waals surface area (Å²) in [5, 5.41) is 0. The number of nitrogens with two attached hydrogens (primary N) is 1. The van der Waals surface area contributed by atoms with Gasteiger partial charge in [-0.1, -0.05) is 38.3 Å². The van der Waals surface area contributed by atoms with Crippen molar-refractivity contribution in [3.63, 3.8) is 0 Å². The maximum atomic E-state index is 11.7. The highest BCUT2D eigenvalue weighted by atomic mass is 16.1. The van der Waals surface area contributed by atoms with Gasteiger partial charge in [0.1, 0.15) is 0 Å². The average Bonchev–Trinajstić information content (AvgIpc) is 2.78. The summed E-state index contributed by atoms with van der Waals surface area (Å²) >= 11 is 0. The van der Waals surface area contributed by atoms with E-state index in [0.29, 0.717) is 11.8 Å². The molecule has 2 heteroatoms. The van der Waals surface area contributed by atoms with Crippen molar-refractivity contribution in [3.8, 4) is 0 Å². The lowest BCUT2D eigenvalue weighted by Crippen LogP contribution is -2.40. The quantitative estimate of drug-likeness (QED) is 0.546. The lowest BCUT2D eigenvalue weighted by atomic mass is 9.71. The van der Waals surface area contributed by atoms with Crippen molar-refractivity contribution in [3.05, 3.63) is 12.2 Å². The number of hydrogen-bond acceptors (Lipinski definition) is 1. The summed E-state index contributed by atoms with van der Waals surface area (Å²) in [7, 11) is 0. The SMILES string of the molecule is CCCCC[C@]1(C(N)=O)C[C@H]2C=C[C@H]1C2. The number of amides is 1. The van der Waals surface area contributed by atoms with Crippen LogP contribution in [0, 0.1) is 17.3 Å². The molecule has 0 radical (unpaired) electrons. The van der Waals surface area contributed by atoms with Crippen molar-refractivity contribution in [1.82, 2.24) is 0 Å². The Balaban J connectivity index is 2.06. The minimum Gasteiger partial charge on any atom is -0.369 e. The second kappa shape index (κ2) is 3.99. The van der Waals surface area contributed by atoms with Crippen LogP contribution in [0.1, 0.15) is 45.4 Å². The lowest BCUT2D eigenvalue weighted by Gasteiger charge is -2.32. The molecule has 0 saturated heterocycles. The second-order valence-corrected chi connectivity index (χ2v) is 5.17. The molecule has 0 heterocycles. The molecule has 0 aromatic heterocycles. The monoisotopic (exact) mass is 207 g/mol. The van der Waals surface area contributed by atoms with E-state index in [1.165, 1.54) is 12.8 Å². The Morgan fingerprint density at radius 3 is 2.73 bits per heavy atom. The molecule has 1 fully saturated rings. The molecule has 0 unspecified atom stereocenters. The van der Waals surface area contributed by atoms with Gasteiger partial charge in [0.25, 0.3) is 0 Å². The smallest absolute Gasteiger partial charge is 0.224 e. The molecule has 2 aliphatic rings. The fraction of sp³-hybridized carbons (Fsp3) is 0.769. The van der Waals surface area contributed by atoms with Crippen LogP contribution in [0.2, 0.25) is 0 Å². The van der Waals surface area contributed by atoms with Crippen LogP contribution < -0.4 is 5.73 Å². The minimum atomic E-state index is -0.186. The number of unbranched alkanes of at least 4 members (excludes halogenated alkanes) is 2. The van der Waals surface area contributed by atoms with E-state index in [9.17, 15) is 4.79 Å². The molecule has 84 valence electrons. The van der Waals surface area contributed by atoms with E-state index in [2.05, 4.69) is 19.1 Å². The van der Waals surface area contributed by atoms with Crippen LogP contribution in [-0.2, 0) is 4.79 Å². The molecule has 3 atom stereocenters. The second-order valence-electron chi connectivity index (χ2n) is 5.17. The fourth-order valence-corrected chi connectivity index (χ4v) is 3.34. The van der Waals surface area contributed by atoms with Crippen molar-refractivity contribution in [2.75, 3.05) is 0 Å². The van der Waals surface area contributed by atoms with Gasteiger partial charge in [0.2, 0.25) is 5.91 Å². The molecule has 2 N–H and O–H groups in total. The van der Waals surface area contributed by atoms with Crippen LogP contribution >= 0.6 is 0 Å². The van der Waals surface area contributed by atoms with E-state index in [4.69, 9.17) is 5.73 Å². The number of carbonyl (C=O) groups excluding carboxylic acids is 1. The molecule has 2 rings (SSSR count). The van der Waals surface area contributed by atoms with Crippen LogP contribution in [0.5, 0.6) is 0 Å². The summed E-state index contributed by atoms with van der Waals surface area (Å²) in [5.41, 5.74) is 5.44. The molecule has 0 aromatic carbocycles. The predicted octanol–water partition coefficient (Wildman–Crippen LogP) is 2.63. The molecular weight excluding hydrogens is 186 g/mol. The topological polar surface area (TPSA) is 43.1 Å². The normalized spacial score (nSPS) is 37.4. The van der Waals surface area contributed by atoms with Gasteiger partial charge in [0.05, 0.1) is 5.41 Å². The molecule has 0 aromatic rings. The van der Waals surface area contributed by atoms with Gasteiger partial charge in [-0.25, -0.2) is 0 Å². The third kappa shape index (κ3) is 1.70. The van der Waals surface area contributed by atoms with Crippen molar-refractivity contribution >= 4 is 5.91 Å². The third-order valence-electron chi connectivity index (χ3n) is 4.23. The van der Waals surface area contributed by atoms with Gasteiger partial charge in [-0.3, -0.25) is 4.79 Å². The van der Waals surface area contributed by atoms with Crippen molar-refractivity contribution in [2.24, 2.45) is 23.0 Å². The highest BCUT2D eigenvalue weighted by Crippen LogP contribution is 2.54. The molecule has 0 aliphatic heterocycles. The first-order chi connectivity index (χ1) is 7.19. The van der Waals surface area contributed by atoms with Gasteiger partial charge in [-0.2, -0.15) is 0 Å². The number of rotatable bonds is 5. The Hall–Kier alpha value is -0.790. The largest absolute Gasteiger partial charge is 0.369 e. The van der Waals surface area contributed by atoms with Gasteiger partial charge < -0.3 is 5.73 Å².